The first kappa shape index (κ1) is 9.08. The lowest BCUT2D eigenvalue weighted by atomic mass is 9.78. The summed E-state index contributed by atoms with van der Waals surface area (Å²) >= 11 is 1.91. The normalized spacial score (nSPS) is 29.6. The Morgan fingerprint density at radius 3 is 2.50 bits per heavy atom. The van der Waals surface area contributed by atoms with Crippen LogP contribution in [-0.4, -0.2) is 23.5 Å². The highest BCUT2D eigenvalue weighted by Crippen LogP contribution is 2.42. The highest BCUT2D eigenvalue weighted by Gasteiger charge is 2.39. The molecule has 2 saturated carbocycles. The zero-order chi connectivity index (χ0) is 9.38. The Bertz CT molecular complexity index is 244. The van der Waals surface area contributed by atoms with Gasteiger partial charge in [-0.1, -0.05) is 18.2 Å². The third-order valence-electron chi connectivity index (χ3n) is 3.66. The van der Waals surface area contributed by atoms with E-state index in [4.69, 9.17) is 0 Å². The van der Waals surface area contributed by atoms with Crippen LogP contribution >= 0.6 is 11.8 Å². The summed E-state index contributed by atoms with van der Waals surface area (Å²) in [5.41, 5.74) is 0. The summed E-state index contributed by atoms with van der Waals surface area (Å²) in [5, 5.41) is 4.92. The van der Waals surface area contributed by atoms with Crippen molar-refractivity contribution >= 4 is 16.9 Å². The fourth-order valence-electron chi connectivity index (χ4n) is 2.44. The average molecular weight is 210 g/mol. The first-order valence-electron chi connectivity index (χ1n) is 5.87. The van der Waals surface area contributed by atoms with Crippen LogP contribution in [0.4, 0.5) is 0 Å². The van der Waals surface area contributed by atoms with E-state index in [0.717, 1.165) is 24.4 Å². The Kier molecular flexibility index (Phi) is 2.44. The number of thioether (sulfide) groups is 1. The van der Waals surface area contributed by atoms with Gasteiger partial charge < -0.3 is 5.32 Å². The summed E-state index contributed by atoms with van der Waals surface area (Å²) in [7, 11) is 0. The molecule has 0 spiro atoms. The largest absolute Gasteiger partial charge is 0.362 e. The van der Waals surface area contributed by atoms with Crippen molar-refractivity contribution in [3.05, 3.63) is 0 Å². The minimum absolute atomic E-state index is 0.771. The van der Waals surface area contributed by atoms with E-state index in [1.165, 1.54) is 43.0 Å². The van der Waals surface area contributed by atoms with E-state index in [0.29, 0.717) is 0 Å². The molecule has 2 fully saturated rings. The minimum atomic E-state index is 0.771. The molecule has 1 aliphatic heterocycles. The molecule has 0 radical (unpaired) electrons. The fourth-order valence-corrected chi connectivity index (χ4v) is 3.22. The molecule has 3 heteroatoms. The van der Waals surface area contributed by atoms with Crippen molar-refractivity contribution in [2.75, 3.05) is 12.3 Å². The Hall–Kier alpha value is -0.180. The Morgan fingerprint density at radius 1 is 1.21 bits per heavy atom. The van der Waals surface area contributed by atoms with E-state index in [1.807, 2.05) is 11.8 Å². The smallest absolute Gasteiger partial charge is 0.156 e. The van der Waals surface area contributed by atoms with Crippen molar-refractivity contribution in [2.24, 2.45) is 16.8 Å². The van der Waals surface area contributed by atoms with Gasteiger partial charge in [-0.25, -0.2) is 0 Å². The average Bonchev–Trinajstić information content (AvgIpc) is 2.82. The molecule has 0 aromatic heterocycles. The maximum atomic E-state index is 4.49. The molecule has 1 N–H and O–H groups in total. The van der Waals surface area contributed by atoms with Crippen molar-refractivity contribution in [3.63, 3.8) is 0 Å². The summed E-state index contributed by atoms with van der Waals surface area (Å²) in [6.07, 6.45) is 7.26. The number of aliphatic imine (C=N–C) groups is 1. The quantitative estimate of drug-likeness (QED) is 0.772. The molecule has 3 rings (SSSR count). The molecule has 0 saturated heterocycles. The Balaban J connectivity index is 1.60. The number of amidine groups is 1. The highest BCUT2D eigenvalue weighted by molar-refractivity contribution is 8.14. The molecular weight excluding hydrogens is 192 g/mol. The zero-order valence-corrected chi connectivity index (χ0v) is 9.35. The van der Waals surface area contributed by atoms with Crippen LogP contribution in [0, 0.1) is 11.8 Å². The van der Waals surface area contributed by atoms with Crippen LogP contribution in [0.1, 0.15) is 32.1 Å². The fraction of sp³-hybridized carbons (Fsp3) is 0.909. The summed E-state index contributed by atoms with van der Waals surface area (Å²) in [6, 6.07) is 0.771. The lowest BCUT2D eigenvalue weighted by molar-refractivity contribution is 0.229. The predicted molar refractivity (Wildman–Crippen MR) is 61.7 cm³/mol. The van der Waals surface area contributed by atoms with Gasteiger partial charge >= 0.3 is 0 Å². The summed E-state index contributed by atoms with van der Waals surface area (Å²) < 4.78 is 0. The number of rotatable bonds is 3. The van der Waals surface area contributed by atoms with E-state index in [2.05, 4.69) is 10.3 Å². The molecule has 2 nitrogen and oxygen atoms in total. The predicted octanol–water partition coefficient (Wildman–Crippen LogP) is 2.26. The van der Waals surface area contributed by atoms with Gasteiger partial charge in [0.25, 0.3) is 0 Å². The number of nitrogens with zero attached hydrogens (tertiary/aromatic N) is 1. The standard InChI is InChI=1S/C11H18N2S/c1-2-8(3-1)10(9-4-5-9)13-11-12-6-7-14-11/h8-10H,1-7H2,(H,12,13). The van der Waals surface area contributed by atoms with Gasteiger partial charge in [0.15, 0.2) is 5.17 Å². The molecule has 0 amide bonds. The van der Waals surface area contributed by atoms with Crippen LogP contribution in [0.15, 0.2) is 4.99 Å². The first-order valence-corrected chi connectivity index (χ1v) is 6.86. The van der Waals surface area contributed by atoms with E-state index < -0.39 is 0 Å². The van der Waals surface area contributed by atoms with Gasteiger partial charge in [-0.3, -0.25) is 4.99 Å². The van der Waals surface area contributed by atoms with Crippen LogP contribution in [-0.2, 0) is 0 Å². The van der Waals surface area contributed by atoms with Crippen molar-refractivity contribution in [1.82, 2.24) is 5.32 Å². The Morgan fingerprint density at radius 2 is 2.00 bits per heavy atom. The molecule has 0 bridgehead atoms. The van der Waals surface area contributed by atoms with Crippen molar-refractivity contribution in [3.8, 4) is 0 Å². The molecule has 14 heavy (non-hydrogen) atoms. The molecular formula is C11H18N2S. The molecule has 2 aliphatic carbocycles. The minimum Gasteiger partial charge on any atom is -0.362 e. The number of hydrogen-bond donors (Lipinski definition) is 1. The molecule has 1 heterocycles. The topological polar surface area (TPSA) is 24.4 Å². The summed E-state index contributed by atoms with van der Waals surface area (Å²) in [5.74, 6) is 3.13. The van der Waals surface area contributed by atoms with Crippen molar-refractivity contribution < 1.29 is 0 Å². The zero-order valence-electron chi connectivity index (χ0n) is 8.54. The van der Waals surface area contributed by atoms with Crippen LogP contribution in [0.5, 0.6) is 0 Å². The lowest BCUT2D eigenvalue weighted by Gasteiger charge is -2.34. The van der Waals surface area contributed by atoms with Gasteiger partial charge in [0.05, 0.1) is 6.54 Å². The molecule has 3 aliphatic rings. The van der Waals surface area contributed by atoms with E-state index >= 15 is 0 Å². The highest BCUT2D eigenvalue weighted by atomic mass is 32.2. The summed E-state index contributed by atoms with van der Waals surface area (Å²) in [6.45, 7) is 1.02. The molecule has 78 valence electrons. The monoisotopic (exact) mass is 210 g/mol. The van der Waals surface area contributed by atoms with E-state index in [-0.39, 0.29) is 0 Å². The van der Waals surface area contributed by atoms with Crippen molar-refractivity contribution in [1.29, 1.82) is 0 Å². The number of nitrogens with one attached hydrogen (secondary N) is 1. The lowest BCUT2D eigenvalue weighted by Crippen LogP contribution is -2.43. The van der Waals surface area contributed by atoms with Gasteiger partial charge in [-0.2, -0.15) is 0 Å². The maximum absolute atomic E-state index is 4.49. The second-order valence-electron chi connectivity index (χ2n) is 4.73. The van der Waals surface area contributed by atoms with Gasteiger partial charge in [0.2, 0.25) is 0 Å². The molecule has 1 atom stereocenters. The third-order valence-corrected chi connectivity index (χ3v) is 4.57. The van der Waals surface area contributed by atoms with Crippen molar-refractivity contribution in [2.45, 2.75) is 38.1 Å². The van der Waals surface area contributed by atoms with E-state index in [1.54, 1.807) is 0 Å². The SMILES string of the molecule is C1CC(C(NC2=NCCS2)C2CC2)C1. The van der Waals surface area contributed by atoms with Gasteiger partial charge in [0, 0.05) is 11.8 Å². The van der Waals surface area contributed by atoms with E-state index in [9.17, 15) is 0 Å². The second kappa shape index (κ2) is 3.76. The molecule has 1 unspecified atom stereocenters. The third kappa shape index (κ3) is 1.79. The summed E-state index contributed by atoms with van der Waals surface area (Å²) in [4.78, 5) is 4.49. The van der Waals surface area contributed by atoms with Gasteiger partial charge in [-0.15, -0.1) is 0 Å². The van der Waals surface area contributed by atoms with Gasteiger partial charge in [0.1, 0.15) is 0 Å². The Labute approximate surface area is 89.9 Å². The molecule has 0 aromatic rings. The molecule has 0 aromatic carbocycles. The van der Waals surface area contributed by atoms with Crippen LogP contribution < -0.4 is 5.32 Å². The van der Waals surface area contributed by atoms with Crippen LogP contribution in [0.2, 0.25) is 0 Å². The van der Waals surface area contributed by atoms with Gasteiger partial charge in [-0.05, 0) is 37.5 Å². The van der Waals surface area contributed by atoms with Crippen LogP contribution in [0.3, 0.4) is 0 Å². The second-order valence-corrected chi connectivity index (χ2v) is 5.82. The number of hydrogen-bond acceptors (Lipinski definition) is 3. The van der Waals surface area contributed by atoms with Crippen LogP contribution in [0.25, 0.3) is 0 Å². The maximum Gasteiger partial charge on any atom is 0.156 e. The first-order chi connectivity index (χ1) is 6.93.